The Labute approximate surface area is 82.6 Å². The summed E-state index contributed by atoms with van der Waals surface area (Å²) in [6.07, 6.45) is 3.96. The van der Waals surface area contributed by atoms with Gasteiger partial charge in [-0.1, -0.05) is 19.4 Å². The lowest BCUT2D eigenvalue weighted by atomic mass is 9.92. The van der Waals surface area contributed by atoms with Crippen molar-refractivity contribution in [1.82, 2.24) is 5.32 Å². The Morgan fingerprint density at radius 3 is 2.46 bits per heavy atom. The zero-order valence-electron chi connectivity index (χ0n) is 9.32. The van der Waals surface area contributed by atoms with Crippen LogP contribution in [0.15, 0.2) is 12.2 Å². The second-order valence-corrected chi connectivity index (χ2v) is 4.90. The van der Waals surface area contributed by atoms with Gasteiger partial charge >= 0.3 is 0 Å². The lowest BCUT2D eigenvalue weighted by molar-refractivity contribution is 0.339. The number of hydrogen-bond donors (Lipinski definition) is 1. The fraction of sp³-hybridized carbons (Fsp3) is 0.833. The van der Waals surface area contributed by atoms with Crippen LogP contribution >= 0.6 is 0 Å². The highest BCUT2D eigenvalue weighted by atomic mass is 14.9. The molecule has 1 rings (SSSR count). The van der Waals surface area contributed by atoms with Crippen LogP contribution < -0.4 is 5.32 Å². The van der Waals surface area contributed by atoms with Crippen LogP contribution in [0.25, 0.3) is 0 Å². The van der Waals surface area contributed by atoms with E-state index in [1.807, 2.05) is 0 Å². The molecule has 1 N–H and O–H groups in total. The van der Waals surface area contributed by atoms with Gasteiger partial charge < -0.3 is 5.32 Å². The van der Waals surface area contributed by atoms with E-state index in [0.717, 1.165) is 18.9 Å². The van der Waals surface area contributed by atoms with E-state index in [1.165, 1.54) is 25.0 Å². The first-order chi connectivity index (χ1) is 6.07. The third-order valence-electron chi connectivity index (χ3n) is 3.32. The molecule has 0 aromatic heterocycles. The van der Waals surface area contributed by atoms with Gasteiger partial charge in [0.05, 0.1) is 0 Å². The topological polar surface area (TPSA) is 12.0 Å². The Morgan fingerprint density at radius 2 is 2.08 bits per heavy atom. The molecule has 0 atom stereocenters. The molecule has 0 aliphatic heterocycles. The molecule has 1 heteroatoms. The van der Waals surface area contributed by atoms with E-state index in [9.17, 15) is 0 Å². The highest BCUT2D eigenvalue weighted by Crippen LogP contribution is 2.51. The van der Waals surface area contributed by atoms with Gasteiger partial charge in [0.25, 0.3) is 0 Å². The van der Waals surface area contributed by atoms with Gasteiger partial charge in [-0.2, -0.15) is 0 Å². The van der Waals surface area contributed by atoms with Crippen molar-refractivity contribution in [1.29, 1.82) is 0 Å². The molecule has 13 heavy (non-hydrogen) atoms. The molecular weight excluding hydrogens is 158 g/mol. The SMILES string of the molecule is C=C(C)CCNCC1(C(C)C)CC1. The Bertz CT molecular complexity index is 178. The fourth-order valence-corrected chi connectivity index (χ4v) is 1.76. The van der Waals surface area contributed by atoms with E-state index in [0.29, 0.717) is 5.41 Å². The van der Waals surface area contributed by atoms with E-state index in [4.69, 9.17) is 0 Å². The zero-order valence-corrected chi connectivity index (χ0v) is 9.32. The molecule has 1 fully saturated rings. The monoisotopic (exact) mass is 181 g/mol. The van der Waals surface area contributed by atoms with Crippen LogP contribution in [0, 0.1) is 11.3 Å². The third kappa shape index (κ3) is 3.15. The van der Waals surface area contributed by atoms with Crippen molar-refractivity contribution in [3.63, 3.8) is 0 Å². The summed E-state index contributed by atoms with van der Waals surface area (Å²) in [5.74, 6) is 0.838. The largest absolute Gasteiger partial charge is 0.316 e. The summed E-state index contributed by atoms with van der Waals surface area (Å²) in [5, 5.41) is 3.54. The molecule has 0 unspecified atom stereocenters. The quantitative estimate of drug-likeness (QED) is 0.490. The second-order valence-electron chi connectivity index (χ2n) is 4.90. The van der Waals surface area contributed by atoms with E-state index in [1.54, 1.807) is 0 Å². The summed E-state index contributed by atoms with van der Waals surface area (Å²) in [4.78, 5) is 0. The van der Waals surface area contributed by atoms with Crippen LogP contribution in [-0.2, 0) is 0 Å². The van der Waals surface area contributed by atoms with Gasteiger partial charge in [-0.25, -0.2) is 0 Å². The van der Waals surface area contributed by atoms with Gasteiger partial charge in [0.1, 0.15) is 0 Å². The average molecular weight is 181 g/mol. The molecule has 1 aliphatic rings. The van der Waals surface area contributed by atoms with Crippen LogP contribution in [0.5, 0.6) is 0 Å². The number of nitrogens with one attached hydrogen (secondary N) is 1. The minimum absolute atomic E-state index is 0.648. The molecule has 1 saturated carbocycles. The molecule has 0 aromatic rings. The molecule has 0 heterocycles. The highest BCUT2D eigenvalue weighted by molar-refractivity contribution is 4.97. The predicted molar refractivity (Wildman–Crippen MR) is 58.8 cm³/mol. The maximum Gasteiger partial charge on any atom is 0.00104 e. The van der Waals surface area contributed by atoms with E-state index >= 15 is 0 Å². The van der Waals surface area contributed by atoms with E-state index < -0.39 is 0 Å². The summed E-state index contributed by atoms with van der Waals surface area (Å²) in [6.45, 7) is 13.0. The van der Waals surface area contributed by atoms with Crippen LogP contribution in [0.4, 0.5) is 0 Å². The molecule has 0 spiro atoms. The molecule has 0 aromatic carbocycles. The highest BCUT2D eigenvalue weighted by Gasteiger charge is 2.44. The summed E-state index contributed by atoms with van der Waals surface area (Å²) >= 11 is 0. The van der Waals surface area contributed by atoms with Gasteiger partial charge in [0.2, 0.25) is 0 Å². The molecular formula is C12H23N. The zero-order chi connectivity index (χ0) is 9.90. The number of rotatable bonds is 6. The van der Waals surface area contributed by atoms with Crippen molar-refractivity contribution in [2.24, 2.45) is 11.3 Å². The molecule has 0 radical (unpaired) electrons. The number of hydrogen-bond acceptors (Lipinski definition) is 1. The van der Waals surface area contributed by atoms with Crippen molar-refractivity contribution < 1.29 is 0 Å². The first kappa shape index (κ1) is 10.8. The summed E-state index contributed by atoms with van der Waals surface area (Å²) < 4.78 is 0. The normalized spacial score (nSPS) is 19.1. The third-order valence-corrected chi connectivity index (χ3v) is 3.32. The standard InChI is InChI=1S/C12H23N/c1-10(2)5-8-13-9-12(6-7-12)11(3)4/h11,13H,1,5-9H2,2-4H3. The van der Waals surface area contributed by atoms with Gasteiger partial charge in [-0.15, -0.1) is 6.58 Å². The van der Waals surface area contributed by atoms with Crippen LogP contribution in [0.1, 0.15) is 40.0 Å². The first-order valence-electron chi connectivity index (χ1n) is 5.42. The Morgan fingerprint density at radius 1 is 1.46 bits per heavy atom. The van der Waals surface area contributed by atoms with Crippen molar-refractivity contribution in [2.45, 2.75) is 40.0 Å². The Kier molecular flexibility index (Phi) is 3.55. The van der Waals surface area contributed by atoms with Crippen molar-refractivity contribution in [3.8, 4) is 0 Å². The molecule has 0 saturated heterocycles. The van der Waals surface area contributed by atoms with Gasteiger partial charge in [-0.3, -0.25) is 0 Å². The van der Waals surface area contributed by atoms with Gasteiger partial charge in [0, 0.05) is 6.54 Å². The molecule has 1 nitrogen and oxygen atoms in total. The lowest BCUT2D eigenvalue weighted by Crippen LogP contribution is -2.28. The van der Waals surface area contributed by atoms with Crippen LogP contribution in [0.3, 0.4) is 0 Å². The fourth-order valence-electron chi connectivity index (χ4n) is 1.76. The minimum atomic E-state index is 0.648. The molecule has 0 amide bonds. The maximum atomic E-state index is 3.90. The Hall–Kier alpha value is -0.300. The first-order valence-corrected chi connectivity index (χ1v) is 5.42. The van der Waals surface area contributed by atoms with Crippen molar-refractivity contribution >= 4 is 0 Å². The Balaban J connectivity index is 2.09. The van der Waals surface area contributed by atoms with E-state index in [-0.39, 0.29) is 0 Å². The summed E-state index contributed by atoms with van der Waals surface area (Å²) in [7, 11) is 0. The predicted octanol–water partition coefficient (Wildman–Crippen LogP) is 2.98. The van der Waals surface area contributed by atoms with E-state index in [2.05, 4.69) is 32.7 Å². The van der Waals surface area contributed by atoms with Crippen LogP contribution in [0.2, 0.25) is 0 Å². The van der Waals surface area contributed by atoms with Crippen molar-refractivity contribution in [2.75, 3.05) is 13.1 Å². The summed E-state index contributed by atoms with van der Waals surface area (Å²) in [5.41, 5.74) is 1.93. The van der Waals surface area contributed by atoms with Gasteiger partial charge in [-0.05, 0) is 44.1 Å². The summed E-state index contributed by atoms with van der Waals surface area (Å²) in [6, 6.07) is 0. The smallest absolute Gasteiger partial charge is 0.00104 e. The second kappa shape index (κ2) is 4.28. The van der Waals surface area contributed by atoms with Gasteiger partial charge in [0.15, 0.2) is 0 Å². The molecule has 0 bridgehead atoms. The molecule has 76 valence electrons. The average Bonchev–Trinajstić information content (AvgIpc) is 2.78. The maximum absolute atomic E-state index is 3.90. The van der Waals surface area contributed by atoms with Crippen molar-refractivity contribution in [3.05, 3.63) is 12.2 Å². The lowest BCUT2D eigenvalue weighted by Gasteiger charge is -2.20. The molecule has 1 aliphatic carbocycles. The van der Waals surface area contributed by atoms with Crippen LogP contribution in [-0.4, -0.2) is 13.1 Å². The minimum Gasteiger partial charge on any atom is -0.316 e.